The first-order valence-corrected chi connectivity index (χ1v) is 11.9. The fourth-order valence-electron chi connectivity index (χ4n) is 6.18. The van der Waals surface area contributed by atoms with Crippen molar-refractivity contribution in [3.05, 3.63) is 62.6 Å². The first kappa shape index (κ1) is 22.4. The van der Waals surface area contributed by atoms with E-state index < -0.39 is 0 Å². The molecule has 31 heavy (non-hydrogen) atoms. The van der Waals surface area contributed by atoms with Crippen molar-refractivity contribution in [1.29, 1.82) is 5.26 Å². The fraction of sp³-hybridized carbons (Fsp3) is 0.462. The molecule has 0 amide bonds. The van der Waals surface area contributed by atoms with E-state index >= 15 is 0 Å². The van der Waals surface area contributed by atoms with E-state index in [-0.39, 0.29) is 28.6 Å². The van der Waals surface area contributed by atoms with Crippen LogP contribution in [0.4, 0.5) is 0 Å². The fourth-order valence-corrected chi connectivity index (χ4v) is 6.80. The third kappa shape index (κ3) is 3.81. The topological polar surface area (TPSA) is 50.1 Å². The summed E-state index contributed by atoms with van der Waals surface area (Å²) in [6, 6.07) is 13.3. The van der Waals surface area contributed by atoms with Crippen LogP contribution in [0.2, 0.25) is 5.02 Å². The van der Waals surface area contributed by atoms with Crippen LogP contribution in [0.25, 0.3) is 0 Å². The van der Waals surface area contributed by atoms with Gasteiger partial charge in [-0.3, -0.25) is 4.79 Å². The van der Waals surface area contributed by atoms with Gasteiger partial charge in [-0.25, -0.2) is 0 Å². The number of hydrogen-bond donors (Lipinski definition) is 0. The van der Waals surface area contributed by atoms with Gasteiger partial charge in [-0.1, -0.05) is 61.3 Å². The van der Waals surface area contributed by atoms with E-state index in [1.165, 1.54) is 0 Å². The molecule has 2 aliphatic carbocycles. The van der Waals surface area contributed by atoms with Crippen LogP contribution in [-0.2, 0) is 6.42 Å². The van der Waals surface area contributed by atoms with Crippen molar-refractivity contribution in [2.24, 2.45) is 22.7 Å². The molecule has 0 N–H and O–H groups in total. The minimum absolute atomic E-state index is 0.0264. The van der Waals surface area contributed by atoms with Crippen LogP contribution in [-0.4, -0.2) is 11.9 Å². The number of fused-ring (bicyclic) bond motifs is 1. The van der Waals surface area contributed by atoms with E-state index in [9.17, 15) is 4.79 Å². The molecule has 5 heteroatoms. The summed E-state index contributed by atoms with van der Waals surface area (Å²) in [6.45, 7) is 9.00. The van der Waals surface area contributed by atoms with Gasteiger partial charge < -0.3 is 4.74 Å². The van der Waals surface area contributed by atoms with Gasteiger partial charge in [0.2, 0.25) is 0 Å². The maximum Gasteiger partial charge on any atom is 0.166 e. The summed E-state index contributed by atoms with van der Waals surface area (Å²) in [5.74, 6) is 1.51. The maximum atomic E-state index is 12.9. The first-order chi connectivity index (χ1) is 14.6. The third-order valence-corrected chi connectivity index (χ3v) is 8.24. The minimum Gasteiger partial charge on any atom is -0.489 e. The number of hydrogen-bond acceptors (Lipinski definition) is 3. The lowest BCUT2D eigenvalue weighted by Gasteiger charge is -2.63. The molecule has 0 spiro atoms. The summed E-state index contributed by atoms with van der Waals surface area (Å²) >= 11 is 9.71. The molecule has 1 atom stereocenters. The molecular weight excluding hydrogens is 474 g/mol. The number of carbonyl (C=O) groups excluding carboxylic acids is 1. The monoisotopic (exact) mass is 499 g/mol. The lowest BCUT2D eigenvalue weighted by molar-refractivity contribution is -0.201. The Hall–Kier alpha value is -1.83. The van der Waals surface area contributed by atoms with Gasteiger partial charge in [-0.05, 0) is 55.0 Å². The molecule has 2 aromatic carbocycles. The number of rotatable bonds is 5. The highest BCUT2D eigenvalue weighted by molar-refractivity contribution is 9.10. The Labute approximate surface area is 197 Å². The van der Waals surface area contributed by atoms with Crippen LogP contribution in [0.15, 0.2) is 40.9 Å². The van der Waals surface area contributed by atoms with Crippen LogP contribution in [0.5, 0.6) is 5.75 Å². The number of halogens is 2. The molecule has 1 saturated carbocycles. The second-order valence-electron chi connectivity index (χ2n) is 10.1. The molecular formula is C26H27BrClNO2. The standard InChI is InChI=1S/C26H27BrClNO2/c1-25(2)22(10-6-15-11-17-12-18(27)7-9-20(17)23(15)30)26(3,4)24(25)31-19-8-5-16(14-29)21(28)13-19/h5,7-9,12-13,15,22,24H,6,10-11H2,1-4H3. The van der Waals surface area contributed by atoms with Crippen molar-refractivity contribution in [2.45, 2.75) is 53.1 Å². The summed E-state index contributed by atoms with van der Waals surface area (Å²) in [7, 11) is 0. The second kappa shape index (κ2) is 7.94. The predicted octanol–water partition coefficient (Wildman–Crippen LogP) is 7.24. The highest BCUT2D eigenvalue weighted by Crippen LogP contribution is 2.62. The van der Waals surface area contributed by atoms with Crippen LogP contribution >= 0.6 is 27.5 Å². The van der Waals surface area contributed by atoms with E-state index in [1.807, 2.05) is 18.2 Å². The first-order valence-electron chi connectivity index (χ1n) is 10.7. The molecule has 4 rings (SSSR count). The van der Waals surface area contributed by atoms with Crippen molar-refractivity contribution < 1.29 is 9.53 Å². The Morgan fingerprint density at radius 3 is 2.48 bits per heavy atom. The highest BCUT2D eigenvalue weighted by atomic mass is 79.9. The lowest BCUT2D eigenvalue weighted by Crippen LogP contribution is -2.65. The third-order valence-electron chi connectivity index (χ3n) is 7.44. The van der Waals surface area contributed by atoms with Gasteiger partial charge in [-0.15, -0.1) is 0 Å². The van der Waals surface area contributed by atoms with Gasteiger partial charge in [-0.2, -0.15) is 5.26 Å². The average molecular weight is 501 g/mol. The number of ether oxygens (including phenoxy) is 1. The van der Waals surface area contributed by atoms with E-state index in [0.717, 1.165) is 34.9 Å². The number of benzene rings is 2. The summed E-state index contributed by atoms with van der Waals surface area (Å²) < 4.78 is 7.41. The minimum atomic E-state index is -0.0264. The van der Waals surface area contributed by atoms with Gasteiger partial charge >= 0.3 is 0 Å². The van der Waals surface area contributed by atoms with Gasteiger partial charge in [0.05, 0.1) is 10.6 Å². The Morgan fingerprint density at radius 1 is 1.13 bits per heavy atom. The smallest absolute Gasteiger partial charge is 0.166 e. The molecule has 1 fully saturated rings. The molecule has 2 aromatic rings. The van der Waals surface area contributed by atoms with Gasteiger partial charge in [0.25, 0.3) is 0 Å². The van der Waals surface area contributed by atoms with Gasteiger partial charge in [0.1, 0.15) is 17.9 Å². The molecule has 1 unspecified atom stereocenters. The zero-order valence-corrected chi connectivity index (χ0v) is 20.7. The van der Waals surface area contributed by atoms with Crippen LogP contribution in [0.1, 0.15) is 62.0 Å². The van der Waals surface area contributed by atoms with E-state index in [0.29, 0.717) is 22.3 Å². The highest BCUT2D eigenvalue weighted by Gasteiger charge is 2.62. The molecule has 0 bridgehead atoms. The number of Topliss-reactive ketones (excluding diaryl/α,β-unsaturated/α-hetero) is 1. The Kier molecular flexibility index (Phi) is 5.73. The van der Waals surface area contributed by atoms with E-state index in [2.05, 4.69) is 55.8 Å². The van der Waals surface area contributed by atoms with Crippen molar-refractivity contribution in [3.8, 4) is 11.8 Å². The zero-order chi connectivity index (χ0) is 22.6. The SMILES string of the molecule is CC1(C)C(CCC2Cc3cc(Br)ccc3C2=O)C(C)(C)C1Oc1ccc(C#N)c(Cl)c1. The lowest BCUT2D eigenvalue weighted by atomic mass is 9.44. The Bertz CT molecular complexity index is 1070. The van der Waals surface area contributed by atoms with E-state index in [1.54, 1.807) is 12.1 Å². The number of carbonyl (C=O) groups is 1. The quantitative estimate of drug-likeness (QED) is 0.435. The molecule has 0 aliphatic heterocycles. The molecule has 162 valence electrons. The summed E-state index contributed by atoms with van der Waals surface area (Å²) in [5.41, 5.74) is 2.45. The molecule has 0 saturated heterocycles. The Morgan fingerprint density at radius 2 is 1.84 bits per heavy atom. The average Bonchev–Trinajstić information content (AvgIpc) is 3.00. The van der Waals surface area contributed by atoms with E-state index in [4.69, 9.17) is 21.6 Å². The molecule has 2 aliphatic rings. The summed E-state index contributed by atoms with van der Waals surface area (Å²) in [6.07, 6.45) is 2.77. The Balaban J connectivity index is 1.43. The van der Waals surface area contributed by atoms with Crippen molar-refractivity contribution in [3.63, 3.8) is 0 Å². The van der Waals surface area contributed by atoms with Crippen LogP contribution < -0.4 is 4.74 Å². The maximum absolute atomic E-state index is 12.9. The molecule has 0 heterocycles. The predicted molar refractivity (Wildman–Crippen MR) is 127 cm³/mol. The second-order valence-corrected chi connectivity index (χ2v) is 11.4. The summed E-state index contributed by atoms with van der Waals surface area (Å²) in [5, 5.41) is 9.50. The van der Waals surface area contributed by atoms with Crippen LogP contribution in [0, 0.1) is 34.0 Å². The largest absolute Gasteiger partial charge is 0.489 e. The molecule has 3 nitrogen and oxygen atoms in total. The zero-order valence-electron chi connectivity index (χ0n) is 18.3. The number of nitrogens with zero attached hydrogens (tertiary/aromatic N) is 1. The number of nitriles is 1. The number of ketones is 1. The summed E-state index contributed by atoms with van der Waals surface area (Å²) in [4.78, 5) is 12.9. The van der Waals surface area contributed by atoms with Crippen LogP contribution in [0.3, 0.4) is 0 Å². The van der Waals surface area contributed by atoms with Crippen molar-refractivity contribution >= 4 is 33.3 Å². The van der Waals surface area contributed by atoms with Crippen molar-refractivity contribution in [1.82, 2.24) is 0 Å². The van der Waals surface area contributed by atoms with Crippen molar-refractivity contribution in [2.75, 3.05) is 0 Å². The van der Waals surface area contributed by atoms with Gasteiger partial charge in [0, 0.05) is 32.9 Å². The normalized spacial score (nSPS) is 25.5. The van der Waals surface area contributed by atoms with Gasteiger partial charge in [0.15, 0.2) is 5.78 Å². The molecule has 0 radical (unpaired) electrons. The molecule has 0 aromatic heterocycles.